The Labute approximate surface area is 352 Å². The highest BCUT2D eigenvalue weighted by Gasteiger charge is 2.39. The first-order valence-electron chi connectivity index (χ1n) is 20.9. The summed E-state index contributed by atoms with van der Waals surface area (Å²) in [5.41, 5.74) is 4.58. The van der Waals surface area contributed by atoms with Crippen LogP contribution in [0.3, 0.4) is 0 Å². The molecule has 3 aliphatic heterocycles. The van der Waals surface area contributed by atoms with Crippen molar-refractivity contribution in [3.05, 3.63) is 66.3 Å². The maximum Gasteiger partial charge on any atom is 0.407 e. The van der Waals surface area contributed by atoms with Gasteiger partial charge in [-0.1, -0.05) is 39.8 Å². The van der Waals surface area contributed by atoms with Gasteiger partial charge in [-0.3, -0.25) is 14.4 Å². The normalized spacial score (nSPS) is 19.5. The van der Waals surface area contributed by atoms with Gasteiger partial charge in [0.15, 0.2) is 12.0 Å². The van der Waals surface area contributed by atoms with E-state index in [4.69, 9.17) is 9.47 Å². The highest BCUT2D eigenvalue weighted by molar-refractivity contribution is 5.93. The molecule has 2 saturated heterocycles. The standard InChI is InChI=1S/C44H52FN9O7/c1-22(2)37(50-35(56)21-55)42(57)52-15-7-9-32(52)40-46-19-29(48-40)25-12-14-31-28(17-25)36(45)39-27-13-11-26(18-34(27)61-24(5)54(31)39)30-20-47-41(49-30)33-10-8-16-53(33)43(58)38(23(3)4)51-44(59)60-6/h11-14,17-20,22-24,32-33,37-38,55H,7-10,15-16,21H2,1-6H3,(H,46,48)(H,47,49)(H,50,56)(H,51,59). The molecule has 8 rings (SSSR count). The highest BCUT2D eigenvalue weighted by Crippen LogP contribution is 2.46. The molecule has 2 fully saturated rings. The lowest BCUT2D eigenvalue weighted by Crippen LogP contribution is -2.51. The topological polar surface area (TPSA) is 200 Å². The molecule has 3 aromatic heterocycles. The van der Waals surface area contributed by atoms with E-state index < -0.39 is 36.9 Å². The van der Waals surface area contributed by atoms with Gasteiger partial charge in [-0.2, -0.15) is 0 Å². The molecule has 322 valence electrons. The molecule has 0 spiro atoms. The van der Waals surface area contributed by atoms with Gasteiger partial charge in [-0.15, -0.1) is 0 Å². The molecule has 0 aliphatic carbocycles. The Balaban J connectivity index is 1.03. The molecular weight excluding hydrogens is 786 g/mol. The predicted molar refractivity (Wildman–Crippen MR) is 223 cm³/mol. The number of carbonyl (C=O) groups excluding carboxylic acids is 4. The van der Waals surface area contributed by atoms with E-state index in [1.165, 1.54) is 7.11 Å². The van der Waals surface area contributed by atoms with Crippen molar-refractivity contribution in [2.75, 3.05) is 26.8 Å². The number of rotatable bonds is 11. The third-order valence-corrected chi connectivity index (χ3v) is 12.1. The second-order valence-corrected chi connectivity index (χ2v) is 16.7. The first kappa shape index (κ1) is 41.5. The van der Waals surface area contributed by atoms with Crippen molar-refractivity contribution in [3.63, 3.8) is 0 Å². The molecular formula is C44H52FN9O7. The lowest BCUT2D eigenvalue weighted by Gasteiger charge is -2.30. The van der Waals surface area contributed by atoms with Crippen molar-refractivity contribution < 1.29 is 38.1 Å². The number of methoxy groups -OCH3 is 1. The zero-order valence-corrected chi connectivity index (χ0v) is 35.1. The van der Waals surface area contributed by atoms with E-state index in [1.807, 2.05) is 69.5 Å². The van der Waals surface area contributed by atoms with Crippen LogP contribution in [0, 0.1) is 17.7 Å². The van der Waals surface area contributed by atoms with Gasteiger partial charge in [0, 0.05) is 35.2 Å². The van der Waals surface area contributed by atoms with Crippen LogP contribution < -0.4 is 15.4 Å². The Morgan fingerprint density at radius 2 is 1.43 bits per heavy atom. The van der Waals surface area contributed by atoms with Crippen LogP contribution in [0.15, 0.2) is 48.8 Å². The number of amides is 4. The largest absolute Gasteiger partial charge is 0.470 e. The van der Waals surface area contributed by atoms with Crippen LogP contribution in [-0.2, 0) is 19.1 Å². The first-order valence-corrected chi connectivity index (χ1v) is 20.9. The van der Waals surface area contributed by atoms with Gasteiger partial charge < -0.3 is 49.5 Å². The second-order valence-electron chi connectivity index (χ2n) is 16.7. The van der Waals surface area contributed by atoms with Crippen LogP contribution in [0.1, 0.15) is 90.3 Å². The summed E-state index contributed by atoms with van der Waals surface area (Å²) in [5, 5.41) is 15.0. The van der Waals surface area contributed by atoms with Crippen molar-refractivity contribution >= 4 is 34.7 Å². The number of halogens is 1. The van der Waals surface area contributed by atoms with E-state index in [-0.39, 0.29) is 41.6 Å². The number of ether oxygens (including phenoxy) is 2. The molecule has 3 aliphatic rings. The number of aromatic amines is 2. The number of aromatic nitrogens is 5. The van der Waals surface area contributed by atoms with Crippen molar-refractivity contribution in [2.24, 2.45) is 11.8 Å². The molecule has 5 aromatic rings. The number of aliphatic hydroxyl groups is 1. The van der Waals surface area contributed by atoms with Gasteiger partial charge in [0.1, 0.15) is 36.1 Å². The fourth-order valence-electron chi connectivity index (χ4n) is 9.01. The van der Waals surface area contributed by atoms with Crippen LogP contribution in [-0.4, -0.2) is 102 Å². The number of aliphatic hydroxyl groups excluding tert-OH is 1. The molecule has 16 nitrogen and oxygen atoms in total. The number of fused-ring (bicyclic) bond motifs is 5. The van der Waals surface area contributed by atoms with Gasteiger partial charge in [-0.25, -0.2) is 19.2 Å². The van der Waals surface area contributed by atoms with Crippen LogP contribution in [0.25, 0.3) is 44.7 Å². The Hall–Kier alpha value is -6.23. The summed E-state index contributed by atoms with van der Waals surface area (Å²) in [6.07, 6.45) is 5.19. The third kappa shape index (κ3) is 7.59. The summed E-state index contributed by atoms with van der Waals surface area (Å²) in [7, 11) is 1.27. The van der Waals surface area contributed by atoms with Crippen LogP contribution >= 0.6 is 0 Å². The monoisotopic (exact) mass is 837 g/mol. The minimum atomic E-state index is -0.781. The molecule has 5 unspecified atom stereocenters. The molecule has 0 saturated carbocycles. The molecule has 0 bridgehead atoms. The van der Waals surface area contributed by atoms with Gasteiger partial charge in [0.25, 0.3) is 0 Å². The number of alkyl carbamates (subject to hydrolysis) is 1. The number of benzene rings is 2. The number of imidazole rings is 2. The van der Waals surface area contributed by atoms with Crippen molar-refractivity contribution in [2.45, 2.75) is 90.7 Å². The van der Waals surface area contributed by atoms with Crippen LogP contribution in [0.4, 0.5) is 9.18 Å². The van der Waals surface area contributed by atoms with Crippen LogP contribution in [0.5, 0.6) is 5.75 Å². The lowest BCUT2D eigenvalue weighted by atomic mass is 10.0. The zero-order valence-electron chi connectivity index (χ0n) is 35.1. The third-order valence-electron chi connectivity index (χ3n) is 12.1. The molecule has 5 atom stereocenters. The number of nitrogens with one attached hydrogen (secondary N) is 4. The molecule has 17 heteroatoms. The Kier molecular flexibility index (Phi) is 11.3. The van der Waals surface area contributed by atoms with Gasteiger partial charge in [0.2, 0.25) is 17.7 Å². The van der Waals surface area contributed by atoms with E-state index in [9.17, 15) is 24.3 Å². The molecule has 6 heterocycles. The number of hydrogen-bond donors (Lipinski definition) is 5. The number of H-pyrrole nitrogens is 2. The smallest absolute Gasteiger partial charge is 0.407 e. The molecule has 61 heavy (non-hydrogen) atoms. The minimum absolute atomic E-state index is 0.151. The van der Waals surface area contributed by atoms with E-state index in [0.29, 0.717) is 71.2 Å². The first-order chi connectivity index (χ1) is 29.3. The fourth-order valence-corrected chi connectivity index (χ4v) is 9.01. The van der Waals surface area contributed by atoms with Gasteiger partial charge in [-0.05, 0) is 68.7 Å². The van der Waals surface area contributed by atoms with Gasteiger partial charge >= 0.3 is 6.09 Å². The average molecular weight is 838 g/mol. The molecule has 5 N–H and O–H groups in total. The summed E-state index contributed by atoms with van der Waals surface area (Å²) in [4.78, 5) is 70.9. The van der Waals surface area contributed by atoms with Gasteiger partial charge in [0.05, 0.1) is 54.2 Å². The summed E-state index contributed by atoms with van der Waals surface area (Å²) in [6, 6.07) is 9.03. The number of nitrogens with zero attached hydrogens (tertiary/aromatic N) is 5. The Morgan fingerprint density at radius 1 is 0.869 bits per heavy atom. The summed E-state index contributed by atoms with van der Waals surface area (Å²) in [5.74, 6) is 0.0213. The number of carbonyl (C=O) groups is 4. The molecule has 4 amide bonds. The van der Waals surface area contributed by atoms with Crippen molar-refractivity contribution in [1.29, 1.82) is 0 Å². The maximum absolute atomic E-state index is 16.7. The van der Waals surface area contributed by atoms with E-state index in [2.05, 4.69) is 30.6 Å². The average Bonchev–Trinajstić information content (AvgIpc) is 4.11. The zero-order chi connectivity index (χ0) is 43.3. The summed E-state index contributed by atoms with van der Waals surface area (Å²) < 4.78 is 29.8. The molecule has 0 radical (unpaired) electrons. The van der Waals surface area contributed by atoms with E-state index >= 15 is 4.39 Å². The predicted octanol–water partition coefficient (Wildman–Crippen LogP) is 5.98. The number of likely N-dealkylation sites (tertiary alicyclic amines) is 2. The highest BCUT2D eigenvalue weighted by atomic mass is 19.1. The van der Waals surface area contributed by atoms with Crippen LogP contribution in [0.2, 0.25) is 0 Å². The summed E-state index contributed by atoms with van der Waals surface area (Å²) >= 11 is 0. The van der Waals surface area contributed by atoms with E-state index in [0.717, 1.165) is 29.7 Å². The SMILES string of the molecule is COC(=O)NC(C(=O)N1CCCC1c1ncc(-c2ccc3c(c2)OC(C)n2c-3c(F)c3cc(-c4cnc(C5CCCN5C(=O)C(NC(=O)CO)C(C)C)[nH]4)ccc32)[nH]1)C(C)C. The van der Waals surface area contributed by atoms with Crippen molar-refractivity contribution in [3.8, 4) is 39.5 Å². The summed E-state index contributed by atoms with van der Waals surface area (Å²) in [6.45, 7) is 9.67. The maximum atomic E-state index is 16.7. The van der Waals surface area contributed by atoms with Crippen molar-refractivity contribution in [1.82, 2.24) is 44.9 Å². The second kappa shape index (κ2) is 16.7. The number of hydrogen-bond acceptors (Lipinski definition) is 9. The fraction of sp³-hybridized carbons (Fsp3) is 0.455. The Bertz CT molecular complexity index is 2490. The molecule has 2 aromatic carbocycles. The van der Waals surface area contributed by atoms with E-state index in [1.54, 1.807) is 28.3 Å². The minimum Gasteiger partial charge on any atom is -0.470 e. The lowest BCUT2D eigenvalue weighted by molar-refractivity contribution is -0.139. The Morgan fingerprint density at radius 3 is 1.98 bits per heavy atom. The quantitative estimate of drug-likeness (QED) is 0.106.